The van der Waals surface area contributed by atoms with Gasteiger partial charge in [-0.15, -0.1) is 0 Å². The minimum absolute atomic E-state index is 0.0431. The molecular weight excluding hydrogens is 279 g/mol. The van der Waals surface area contributed by atoms with E-state index in [9.17, 15) is 12.8 Å². The van der Waals surface area contributed by atoms with Crippen LogP contribution in [-0.4, -0.2) is 27.5 Å². The molecule has 0 saturated carbocycles. The summed E-state index contributed by atoms with van der Waals surface area (Å²) in [7, 11) is -3.64. The molecule has 0 aromatic heterocycles. The predicted octanol–water partition coefficient (Wildman–Crippen LogP) is 1.76. The van der Waals surface area contributed by atoms with Crippen molar-refractivity contribution in [2.24, 2.45) is 0 Å². The van der Waals surface area contributed by atoms with Crippen LogP contribution in [0.4, 0.5) is 4.39 Å². The average Bonchev–Trinajstić information content (AvgIpc) is 2.28. The Bertz CT molecular complexity index is 506. The fraction of sp³-hybridized carbons (Fsp3) is 0.455. The number of hydrogen-bond donors (Lipinski definition) is 2. The Labute approximate surface area is 112 Å². The van der Waals surface area contributed by atoms with E-state index in [0.29, 0.717) is 6.54 Å². The lowest BCUT2D eigenvalue weighted by molar-refractivity contribution is 0.559. The van der Waals surface area contributed by atoms with Gasteiger partial charge in [0.1, 0.15) is 5.82 Å². The third-order valence-electron chi connectivity index (χ3n) is 2.17. The Kier molecular flexibility index (Phi) is 5.52. The standard InChI is InChI=1S/C11H16ClFN2O2S/c1-8(2)14-5-6-15-18(16,17)9-3-4-11(13)10(12)7-9/h3-4,7-8,14-15H,5-6H2,1-2H3. The zero-order valence-corrected chi connectivity index (χ0v) is 11.8. The van der Waals surface area contributed by atoms with E-state index in [1.165, 1.54) is 6.07 Å². The molecular formula is C11H16ClFN2O2S. The van der Waals surface area contributed by atoms with Gasteiger partial charge in [-0.25, -0.2) is 17.5 Å². The normalized spacial score (nSPS) is 12.1. The third-order valence-corrected chi connectivity index (χ3v) is 3.92. The van der Waals surface area contributed by atoms with Crippen molar-refractivity contribution in [1.29, 1.82) is 0 Å². The van der Waals surface area contributed by atoms with Gasteiger partial charge in [0, 0.05) is 19.1 Å². The van der Waals surface area contributed by atoms with Crippen molar-refractivity contribution in [1.82, 2.24) is 10.0 Å². The third kappa shape index (κ3) is 4.53. The van der Waals surface area contributed by atoms with E-state index in [2.05, 4.69) is 10.0 Å². The van der Waals surface area contributed by atoms with Gasteiger partial charge in [0.05, 0.1) is 9.92 Å². The Morgan fingerprint density at radius 1 is 1.33 bits per heavy atom. The molecule has 0 radical (unpaired) electrons. The summed E-state index contributed by atoms with van der Waals surface area (Å²) in [6.45, 7) is 4.71. The molecule has 0 fully saturated rings. The molecule has 1 rings (SSSR count). The minimum atomic E-state index is -3.64. The van der Waals surface area contributed by atoms with Gasteiger partial charge in [-0.3, -0.25) is 0 Å². The van der Waals surface area contributed by atoms with Crippen molar-refractivity contribution < 1.29 is 12.8 Å². The van der Waals surface area contributed by atoms with Crippen LogP contribution in [-0.2, 0) is 10.0 Å². The minimum Gasteiger partial charge on any atom is -0.313 e. The number of benzene rings is 1. The maximum absolute atomic E-state index is 12.9. The van der Waals surface area contributed by atoms with Crippen molar-refractivity contribution >= 4 is 21.6 Å². The summed E-state index contributed by atoms with van der Waals surface area (Å²) in [6, 6.07) is 3.59. The van der Waals surface area contributed by atoms with Crippen LogP contribution in [0, 0.1) is 5.82 Å². The SMILES string of the molecule is CC(C)NCCNS(=O)(=O)c1ccc(F)c(Cl)c1. The second kappa shape index (κ2) is 6.47. The summed E-state index contributed by atoms with van der Waals surface area (Å²) >= 11 is 5.54. The Morgan fingerprint density at radius 2 is 2.00 bits per heavy atom. The molecule has 4 nitrogen and oxygen atoms in total. The summed E-state index contributed by atoms with van der Waals surface area (Å²) in [5.41, 5.74) is 0. The van der Waals surface area contributed by atoms with E-state index >= 15 is 0 Å². The maximum Gasteiger partial charge on any atom is 0.240 e. The monoisotopic (exact) mass is 294 g/mol. The molecule has 1 aromatic rings. The Hall–Kier alpha value is -0.690. The van der Waals surface area contributed by atoms with E-state index in [-0.39, 0.29) is 22.5 Å². The lowest BCUT2D eigenvalue weighted by Gasteiger charge is -2.10. The van der Waals surface area contributed by atoms with Crippen molar-refractivity contribution in [2.75, 3.05) is 13.1 Å². The van der Waals surface area contributed by atoms with Crippen LogP contribution in [0.15, 0.2) is 23.1 Å². The van der Waals surface area contributed by atoms with Crippen LogP contribution in [0.3, 0.4) is 0 Å². The molecule has 0 unspecified atom stereocenters. The van der Waals surface area contributed by atoms with Gasteiger partial charge in [-0.2, -0.15) is 0 Å². The second-order valence-electron chi connectivity index (χ2n) is 4.08. The van der Waals surface area contributed by atoms with Gasteiger partial charge < -0.3 is 5.32 Å². The Morgan fingerprint density at radius 3 is 2.56 bits per heavy atom. The van der Waals surface area contributed by atoms with Crippen LogP contribution in [0.1, 0.15) is 13.8 Å². The predicted molar refractivity (Wildman–Crippen MR) is 69.7 cm³/mol. The summed E-state index contributed by atoms with van der Waals surface area (Å²) in [5, 5.41) is 2.87. The first-order valence-corrected chi connectivity index (χ1v) is 7.37. The lowest BCUT2D eigenvalue weighted by Crippen LogP contribution is -2.34. The molecule has 0 aliphatic heterocycles. The molecule has 0 saturated heterocycles. The smallest absolute Gasteiger partial charge is 0.240 e. The van der Waals surface area contributed by atoms with E-state index in [0.717, 1.165) is 12.1 Å². The van der Waals surface area contributed by atoms with Crippen LogP contribution < -0.4 is 10.0 Å². The first-order chi connectivity index (χ1) is 8.33. The van der Waals surface area contributed by atoms with E-state index in [1.807, 2.05) is 13.8 Å². The van der Waals surface area contributed by atoms with E-state index in [4.69, 9.17) is 11.6 Å². The lowest BCUT2D eigenvalue weighted by atomic mass is 10.3. The summed E-state index contributed by atoms with van der Waals surface area (Å²) in [4.78, 5) is -0.0431. The molecule has 102 valence electrons. The highest BCUT2D eigenvalue weighted by molar-refractivity contribution is 7.89. The van der Waals surface area contributed by atoms with Crippen LogP contribution in [0.5, 0.6) is 0 Å². The summed E-state index contributed by atoms with van der Waals surface area (Å²) < 4.78 is 39.0. The first-order valence-electron chi connectivity index (χ1n) is 5.51. The molecule has 18 heavy (non-hydrogen) atoms. The molecule has 0 aliphatic rings. The molecule has 0 heterocycles. The Balaban J connectivity index is 2.66. The summed E-state index contributed by atoms with van der Waals surface area (Å²) in [6.07, 6.45) is 0. The fourth-order valence-electron chi connectivity index (χ4n) is 1.27. The second-order valence-corrected chi connectivity index (χ2v) is 6.26. The van der Waals surface area contributed by atoms with Gasteiger partial charge in [-0.05, 0) is 18.2 Å². The highest BCUT2D eigenvalue weighted by atomic mass is 35.5. The van der Waals surface area contributed by atoms with Crippen LogP contribution in [0.25, 0.3) is 0 Å². The zero-order valence-electron chi connectivity index (χ0n) is 10.2. The molecule has 0 spiro atoms. The molecule has 0 atom stereocenters. The zero-order chi connectivity index (χ0) is 13.8. The highest BCUT2D eigenvalue weighted by Gasteiger charge is 2.15. The van der Waals surface area contributed by atoms with Gasteiger partial charge in [-0.1, -0.05) is 25.4 Å². The van der Waals surface area contributed by atoms with Crippen molar-refractivity contribution in [3.05, 3.63) is 29.0 Å². The van der Waals surface area contributed by atoms with Gasteiger partial charge in [0.15, 0.2) is 0 Å². The van der Waals surface area contributed by atoms with E-state index < -0.39 is 15.8 Å². The van der Waals surface area contributed by atoms with Crippen molar-refractivity contribution in [2.45, 2.75) is 24.8 Å². The maximum atomic E-state index is 12.9. The molecule has 0 aliphatic carbocycles. The molecule has 0 amide bonds. The number of sulfonamides is 1. The van der Waals surface area contributed by atoms with E-state index in [1.54, 1.807) is 0 Å². The van der Waals surface area contributed by atoms with Gasteiger partial charge in [0.2, 0.25) is 10.0 Å². The number of rotatable bonds is 6. The topological polar surface area (TPSA) is 58.2 Å². The van der Waals surface area contributed by atoms with Crippen LogP contribution >= 0.6 is 11.6 Å². The van der Waals surface area contributed by atoms with Gasteiger partial charge in [0.25, 0.3) is 0 Å². The number of hydrogen-bond acceptors (Lipinski definition) is 3. The first kappa shape index (κ1) is 15.4. The van der Waals surface area contributed by atoms with Crippen molar-refractivity contribution in [3.8, 4) is 0 Å². The van der Waals surface area contributed by atoms with Crippen molar-refractivity contribution in [3.63, 3.8) is 0 Å². The molecule has 0 bridgehead atoms. The quantitative estimate of drug-likeness (QED) is 0.786. The van der Waals surface area contributed by atoms with Crippen LogP contribution in [0.2, 0.25) is 5.02 Å². The number of halogens is 2. The average molecular weight is 295 g/mol. The number of nitrogens with one attached hydrogen (secondary N) is 2. The highest BCUT2D eigenvalue weighted by Crippen LogP contribution is 2.18. The molecule has 2 N–H and O–H groups in total. The van der Waals surface area contributed by atoms with Gasteiger partial charge >= 0.3 is 0 Å². The molecule has 7 heteroatoms. The fourth-order valence-corrected chi connectivity index (χ4v) is 2.58. The molecule has 1 aromatic carbocycles. The summed E-state index contributed by atoms with van der Waals surface area (Å²) in [5.74, 6) is -0.642. The largest absolute Gasteiger partial charge is 0.313 e.